The van der Waals surface area contributed by atoms with Crippen molar-refractivity contribution in [3.63, 3.8) is 0 Å². The molecule has 0 fully saturated rings. The Morgan fingerprint density at radius 1 is 0.310 bits per heavy atom. The van der Waals surface area contributed by atoms with Gasteiger partial charge in [-0.3, -0.25) is 0 Å². The van der Waals surface area contributed by atoms with Crippen molar-refractivity contribution in [2.45, 2.75) is 0 Å². The first-order chi connectivity index (χ1) is 28.8. The second-order valence-electron chi connectivity index (χ2n) is 15.2. The minimum atomic E-state index is -2.98. The number of thiophene rings is 1. The van der Waals surface area contributed by atoms with E-state index in [2.05, 4.69) is 228 Å². The molecule has 0 amide bonds. The number of rotatable bonds is 6. The minimum Gasteiger partial charge on any atom is -0.309 e. The van der Waals surface area contributed by atoms with Crippen LogP contribution in [0.4, 0.5) is 0 Å². The summed E-state index contributed by atoms with van der Waals surface area (Å²) in [5.41, 5.74) is 7.22. The van der Waals surface area contributed by atoms with Gasteiger partial charge in [0.05, 0.1) is 22.1 Å². The third-order valence-electron chi connectivity index (χ3n) is 12.3. The van der Waals surface area contributed by atoms with E-state index < -0.39 is 8.07 Å². The van der Waals surface area contributed by atoms with Crippen molar-refractivity contribution in [1.29, 1.82) is 0 Å². The minimum absolute atomic E-state index is 1.16. The molecule has 12 aromatic rings. The lowest BCUT2D eigenvalue weighted by atomic mass is 10.1. The first-order valence-electron chi connectivity index (χ1n) is 19.9. The van der Waals surface area contributed by atoms with E-state index in [1.807, 2.05) is 11.3 Å². The summed E-state index contributed by atoms with van der Waals surface area (Å²) in [7, 11) is -2.98. The Labute approximate surface area is 341 Å². The van der Waals surface area contributed by atoms with Crippen LogP contribution in [0.3, 0.4) is 0 Å². The van der Waals surface area contributed by atoms with Crippen molar-refractivity contribution in [1.82, 2.24) is 9.13 Å². The van der Waals surface area contributed by atoms with Gasteiger partial charge >= 0.3 is 0 Å². The lowest BCUT2D eigenvalue weighted by Crippen LogP contribution is -2.75. The molecule has 0 radical (unpaired) electrons. The molecule has 0 saturated carbocycles. The quantitative estimate of drug-likeness (QED) is 0.118. The molecule has 9 aromatic carbocycles. The third kappa shape index (κ3) is 4.76. The Morgan fingerprint density at radius 2 is 0.759 bits per heavy atom. The summed E-state index contributed by atoms with van der Waals surface area (Å²) in [6.45, 7) is 0. The largest absolute Gasteiger partial charge is 0.309 e. The molecule has 272 valence electrons. The van der Waals surface area contributed by atoms with Crippen molar-refractivity contribution in [3.05, 3.63) is 218 Å². The Bertz CT molecular complexity index is 3360. The van der Waals surface area contributed by atoms with Gasteiger partial charge in [-0.05, 0) is 75.3 Å². The van der Waals surface area contributed by atoms with Crippen LogP contribution in [0, 0.1) is 0 Å². The highest BCUT2D eigenvalue weighted by Gasteiger charge is 2.44. The number of hydrogen-bond acceptors (Lipinski definition) is 1. The first kappa shape index (κ1) is 33.2. The summed E-state index contributed by atoms with van der Waals surface area (Å²) >= 11 is 1.90. The van der Waals surface area contributed by atoms with E-state index in [1.54, 1.807) is 0 Å². The zero-order valence-electron chi connectivity index (χ0n) is 31.6. The van der Waals surface area contributed by atoms with Crippen LogP contribution in [-0.2, 0) is 0 Å². The Morgan fingerprint density at radius 3 is 1.33 bits per heavy atom. The molecule has 3 heterocycles. The van der Waals surface area contributed by atoms with Crippen molar-refractivity contribution in [2.24, 2.45) is 0 Å². The monoisotopic (exact) mass is 772 g/mol. The van der Waals surface area contributed by atoms with E-state index in [1.165, 1.54) is 90.2 Å². The molecule has 12 rings (SSSR count). The normalized spacial score (nSPS) is 12.1. The number of fused-ring (bicyclic) bond motifs is 9. The maximum atomic E-state index is 2.58. The van der Waals surface area contributed by atoms with E-state index in [9.17, 15) is 0 Å². The zero-order chi connectivity index (χ0) is 38.2. The van der Waals surface area contributed by atoms with Crippen LogP contribution in [0.5, 0.6) is 0 Å². The molecule has 0 aliphatic heterocycles. The van der Waals surface area contributed by atoms with E-state index in [0.717, 1.165) is 5.69 Å². The highest BCUT2D eigenvalue weighted by molar-refractivity contribution is 7.26. The van der Waals surface area contributed by atoms with Gasteiger partial charge in [0.1, 0.15) is 0 Å². The fourth-order valence-electron chi connectivity index (χ4n) is 9.84. The molecule has 0 spiro atoms. The predicted octanol–water partition coefficient (Wildman–Crippen LogP) is 11.6. The molecular weight excluding hydrogens is 737 g/mol. The van der Waals surface area contributed by atoms with Gasteiger partial charge in [-0.15, -0.1) is 11.3 Å². The van der Waals surface area contributed by atoms with Gasteiger partial charge in [0.15, 0.2) is 8.07 Å². The Kier molecular flexibility index (Phi) is 7.46. The highest BCUT2D eigenvalue weighted by Crippen LogP contribution is 2.40. The number of para-hydroxylation sites is 3. The molecule has 0 saturated heterocycles. The van der Waals surface area contributed by atoms with Crippen LogP contribution >= 0.6 is 11.3 Å². The lowest BCUT2D eigenvalue weighted by Gasteiger charge is -2.36. The molecule has 0 aliphatic carbocycles. The summed E-state index contributed by atoms with van der Waals surface area (Å²) < 4.78 is 7.64. The molecule has 2 nitrogen and oxygen atoms in total. The summed E-state index contributed by atoms with van der Waals surface area (Å²) in [5, 5.41) is 13.1. The van der Waals surface area contributed by atoms with Crippen LogP contribution < -0.4 is 20.7 Å². The van der Waals surface area contributed by atoms with E-state index in [4.69, 9.17) is 0 Å². The van der Waals surface area contributed by atoms with Crippen LogP contribution in [0.15, 0.2) is 218 Å². The Hall–Kier alpha value is -6.98. The second kappa shape index (κ2) is 13.0. The first-order valence-corrected chi connectivity index (χ1v) is 22.8. The molecule has 0 N–H and O–H groups in total. The van der Waals surface area contributed by atoms with Crippen LogP contribution in [0.2, 0.25) is 0 Å². The number of hydrogen-bond donors (Lipinski definition) is 0. The van der Waals surface area contributed by atoms with Gasteiger partial charge < -0.3 is 9.13 Å². The van der Waals surface area contributed by atoms with E-state index in [0.29, 0.717) is 0 Å². The van der Waals surface area contributed by atoms with Gasteiger partial charge in [-0.25, -0.2) is 0 Å². The standard InChI is InChI=1S/C54H36N2SSi/c1-4-18-38(19-5-1)58(39-20-6-2-7-21-39,40-22-8-3-9-23-40)54-36-53-46(44-27-13-17-31-52(44)57-53)35-51(54)56-49-30-16-12-26-43(49)45-34-37(32-33-50(45)56)55-47-28-14-10-24-41(47)42-25-11-15-29-48(42)55/h1-36H. The predicted molar refractivity (Wildman–Crippen MR) is 252 cm³/mol. The number of nitrogens with zero attached hydrogens (tertiary/aromatic N) is 2. The van der Waals surface area contributed by atoms with Crippen molar-refractivity contribution in [2.75, 3.05) is 0 Å². The van der Waals surface area contributed by atoms with Gasteiger partial charge in [0.25, 0.3) is 0 Å². The average Bonchev–Trinajstić information content (AvgIpc) is 3.95. The summed E-state index contributed by atoms with van der Waals surface area (Å²) in [6, 6.07) is 81.6. The van der Waals surface area contributed by atoms with Crippen LogP contribution in [0.1, 0.15) is 0 Å². The maximum absolute atomic E-state index is 2.98. The van der Waals surface area contributed by atoms with Crippen LogP contribution in [0.25, 0.3) is 75.2 Å². The lowest BCUT2D eigenvalue weighted by molar-refractivity contribution is 1.17. The van der Waals surface area contributed by atoms with Gasteiger partial charge in [-0.1, -0.05) is 164 Å². The Balaban J connectivity index is 1.24. The molecule has 0 unspecified atom stereocenters. The second-order valence-corrected chi connectivity index (χ2v) is 20.1. The van der Waals surface area contributed by atoms with Crippen LogP contribution in [-0.4, -0.2) is 17.2 Å². The fourth-order valence-corrected chi connectivity index (χ4v) is 16.0. The smallest absolute Gasteiger partial charge is 0.181 e. The van der Waals surface area contributed by atoms with Gasteiger partial charge in [0, 0.05) is 53.1 Å². The molecule has 0 bridgehead atoms. The molecule has 0 aliphatic rings. The topological polar surface area (TPSA) is 9.86 Å². The number of aromatic nitrogens is 2. The molecule has 0 atom stereocenters. The zero-order valence-corrected chi connectivity index (χ0v) is 33.4. The number of benzene rings is 9. The SMILES string of the molecule is c1ccc([Si](c2ccccc2)(c2ccccc2)c2cc3sc4ccccc4c3cc2-n2c3ccccc3c3cc(-n4c5ccccc5c5ccccc54)ccc32)cc1. The molecule has 58 heavy (non-hydrogen) atoms. The van der Waals surface area contributed by atoms with Crippen molar-refractivity contribution in [3.8, 4) is 11.4 Å². The maximum Gasteiger partial charge on any atom is 0.181 e. The van der Waals surface area contributed by atoms with Crippen molar-refractivity contribution >= 4 is 104 Å². The average molecular weight is 773 g/mol. The summed E-state index contributed by atoms with van der Waals surface area (Å²) in [6.07, 6.45) is 0. The summed E-state index contributed by atoms with van der Waals surface area (Å²) in [5.74, 6) is 0. The highest BCUT2D eigenvalue weighted by atomic mass is 32.1. The van der Waals surface area contributed by atoms with Crippen molar-refractivity contribution < 1.29 is 0 Å². The van der Waals surface area contributed by atoms with E-state index >= 15 is 0 Å². The third-order valence-corrected chi connectivity index (χ3v) is 18.2. The molecule has 3 aromatic heterocycles. The molecular formula is C54H36N2SSi. The molecule has 4 heteroatoms. The summed E-state index contributed by atoms with van der Waals surface area (Å²) in [4.78, 5) is 0. The van der Waals surface area contributed by atoms with Gasteiger partial charge in [0.2, 0.25) is 0 Å². The van der Waals surface area contributed by atoms with E-state index in [-0.39, 0.29) is 0 Å². The van der Waals surface area contributed by atoms with Gasteiger partial charge in [-0.2, -0.15) is 0 Å². The fraction of sp³-hybridized carbons (Fsp3) is 0.